The van der Waals surface area contributed by atoms with E-state index in [2.05, 4.69) is 27.7 Å². The van der Waals surface area contributed by atoms with Crippen LogP contribution in [0.3, 0.4) is 0 Å². The molecule has 1 rings (SSSR count). The van der Waals surface area contributed by atoms with Crippen molar-refractivity contribution in [3.63, 3.8) is 0 Å². The number of carbonyl (C=O) groups excluding carboxylic acids is 2. The molecule has 1 aliphatic rings. The van der Waals surface area contributed by atoms with Crippen LogP contribution in [0.15, 0.2) is 0 Å². The van der Waals surface area contributed by atoms with Crippen LogP contribution in [0.25, 0.3) is 0 Å². The lowest BCUT2D eigenvalue weighted by Gasteiger charge is -2.46. The summed E-state index contributed by atoms with van der Waals surface area (Å²) in [6, 6.07) is 0. The number of hydrogen-bond donors (Lipinski definition) is 0. The Bertz CT molecular complexity index is 379. The van der Waals surface area contributed by atoms with Crippen molar-refractivity contribution in [2.45, 2.75) is 73.1 Å². The van der Waals surface area contributed by atoms with Gasteiger partial charge in [0.05, 0.1) is 0 Å². The summed E-state index contributed by atoms with van der Waals surface area (Å²) in [7, 11) is 0. The van der Waals surface area contributed by atoms with Crippen LogP contribution in [0.2, 0.25) is 0 Å². The highest BCUT2D eigenvalue weighted by atomic mass is 35.5. The van der Waals surface area contributed by atoms with Crippen LogP contribution < -0.4 is 0 Å². The van der Waals surface area contributed by atoms with Gasteiger partial charge in [0.25, 0.3) is 0 Å². The highest BCUT2D eigenvalue weighted by Crippen LogP contribution is 2.51. The summed E-state index contributed by atoms with van der Waals surface area (Å²) in [5.74, 6) is 0.215. The van der Waals surface area contributed by atoms with Crippen molar-refractivity contribution in [3.05, 3.63) is 0 Å². The van der Waals surface area contributed by atoms with Crippen LogP contribution in [0.5, 0.6) is 0 Å². The van der Waals surface area contributed by atoms with Gasteiger partial charge in [0.1, 0.15) is 5.78 Å². The van der Waals surface area contributed by atoms with Gasteiger partial charge in [-0.05, 0) is 61.5 Å². The Morgan fingerprint density at radius 2 is 1.75 bits per heavy atom. The molecular formula is C17H29ClO2. The summed E-state index contributed by atoms with van der Waals surface area (Å²) in [5, 5.41) is -0.225. The molecule has 20 heavy (non-hydrogen) atoms. The van der Waals surface area contributed by atoms with Crippen LogP contribution in [-0.2, 0) is 9.59 Å². The summed E-state index contributed by atoms with van der Waals surface area (Å²) in [5.41, 5.74) is 0.0669. The average molecular weight is 301 g/mol. The molecule has 1 saturated carbocycles. The van der Waals surface area contributed by atoms with Gasteiger partial charge in [0.15, 0.2) is 0 Å². The van der Waals surface area contributed by atoms with Crippen molar-refractivity contribution in [1.29, 1.82) is 0 Å². The van der Waals surface area contributed by atoms with Crippen molar-refractivity contribution in [3.8, 4) is 0 Å². The Morgan fingerprint density at radius 3 is 2.15 bits per heavy atom. The fraction of sp³-hybridized carbons (Fsp3) is 0.882. The molecule has 0 aromatic carbocycles. The Kier molecular flexibility index (Phi) is 5.83. The monoisotopic (exact) mass is 300 g/mol. The first-order valence-electron chi connectivity index (χ1n) is 7.87. The molecule has 0 heterocycles. The van der Waals surface area contributed by atoms with E-state index in [9.17, 15) is 9.59 Å². The van der Waals surface area contributed by atoms with Gasteiger partial charge in [-0.2, -0.15) is 0 Å². The van der Waals surface area contributed by atoms with E-state index in [1.807, 2.05) is 0 Å². The van der Waals surface area contributed by atoms with E-state index in [1.54, 1.807) is 6.92 Å². The predicted octanol–water partition coefficient (Wildman–Crippen LogP) is 4.98. The minimum absolute atomic E-state index is 0.0502. The van der Waals surface area contributed by atoms with Crippen LogP contribution in [0, 0.1) is 22.7 Å². The van der Waals surface area contributed by atoms with Gasteiger partial charge in [-0.25, -0.2) is 0 Å². The molecule has 0 saturated heterocycles. The highest BCUT2D eigenvalue weighted by Gasteiger charge is 2.44. The molecule has 0 bridgehead atoms. The first-order chi connectivity index (χ1) is 9.17. The first kappa shape index (κ1) is 17.7. The molecular weight excluding hydrogens is 272 g/mol. The molecule has 1 aliphatic carbocycles. The Morgan fingerprint density at radius 1 is 1.15 bits per heavy atom. The second-order valence-corrected chi connectivity index (χ2v) is 7.67. The van der Waals surface area contributed by atoms with Crippen molar-refractivity contribution >= 4 is 22.6 Å². The number of halogens is 1. The molecule has 2 nitrogen and oxygen atoms in total. The molecule has 0 radical (unpaired) electrons. The van der Waals surface area contributed by atoms with Crippen molar-refractivity contribution < 1.29 is 9.59 Å². The lowest BCUT2D eigenvalue weighted by molar-refractivity contribution is -0.127. The lowest BCUT2D eigenvalue weighted by Crippen LogP contribution is -2.40. The SMILES string of the molecule is CCC1(C)CC(C(C)=O)CCC(C(=O)Cl)C(C)(CC)C1. The van der Waals surface area contributed by atoms with Gasteiger partial charge in [-0.3, -0.25) is 9.59 Å². The second-order valence-electron chi connectivity index (χ2n) is 7.29. The molecule has 0 spiro atoms. The summed E-state index contributed by atoms with van der Waals surface area (Å²) >= 11 is 5.89. The summed E-state index contributed by atoms with van der Waals surface area (Å²) < 4.78 is 0. The maximum Gasteiger partial charge on any atom is 0.225 e. The predicted molar refractivity (Wildman–Crippen MR) is 83.8 cm³/mol. The summed E-state index contributed by atoms with van der Waals surface area (Å²) in [6.07, 6.45) is 5.45. The fourth-order valence-corrected chi connectivity index (χ4v) is 4.33. The molecule has 1 fully saturated rings. The molecule has 0 amide bonds. The van der Waals surface area contributed by atoms with E-state index >= 15 is 0 Å². The topological polar surface area (TPSA) is 34.1 Å². The van der Waals surface area contributed by atoms with Crippen molar-refractivity contribution in [2.75, 3.05) is 0 Å². The van der Waals surface area contributed by atoms with E-state index < -0.39 is 0 Å². The zero-order valence-corrected chi connectivity index (χ0v) is 14.3. The minimum Gasteiger partial charge on any atom is -0.300 e. The molecule has 4 atom stereocenters. The largest absolute Gasteiger partial charge is 0.300 e. The Labute approximate surface area is 128 Å². The smallest absolute Gasteiger partial charge is 0.225 e. The molecule has 3 heteroatoms. The number of Topliss-reactive ketones (excluding diaryl/α,β-unsaturated/α-hetero) is 1. The van der Waals surface area contributed by atoms with Crippen molar-refractivity contribution in [1.82, 2.24) is 0 Å². The number of hydrogen-bond acceptors (Lipinski definition) is 2. The molecule has 0 aliphatic heterocycles. The Balaban J connectivity index is 3.14. The van der Waals surface area contributed by atoms with Crippen LogP contribution >= 0.6 is 11.6 Å². The standard InChI is InChI=1S/C17H29ClO2/c1-6-16(4)10-13(12(3)19)8-9-14(15(18)20)17(5,7-2)11-16/h13-14H,6-11H2,1-5H3. The van der Waals surface area contributed by atoms with Gasteiger partial charge in [-0.1, -0.05) is 34.1 Å². The summed E-state index contributed by atoms with van der Waals surface area (Å²) in [6.45, 7) is 10.5. The number of ketones is 1. The zero-order chi connectivity index (χ0) is 15.6. The average Bonchev–Trinajstić information content (AvgIpc) is 2.35. The summed E-state index contributed by atoms with van der Waals surface area (Å²) in [4.78, 5) is 23.8. The first-order valence-corrected chi connectivity index (χ1v) is 8.25. The minimum atomic E-state index is -0.225. The van der Waals surface area contributed by atoms with E-state index in [0.29, 0.717) is 0 Å². The number of rotatable bonds is 4. The molecule has 0 N–H and O–H groups in total. The van der Waals surface area contributed by atoms with Gasteiger partial charge >= 0.3 is 0 Å². The lowest BCUT2D eigenvalue weighted by atomic mass is 9.58. The molecule has 0 aromatic rings. The van der Waals surface area contributed by atoms with Crippen molar-refractivity contribution in [2.24, 2.45) is 22.7 Å². The fourth-order valence-electron chi connectivity index (χ4n) is 3.96. The Hall–Kier alpha value is -0.370. The quantitative estimate of drug-likeness (QED) is 0.686. The van der Waals surface area contributed by atoms with E-state index in [0.717, 1.165) is 38.5 Å². The number of carbonyl (C=O) groups is 2. The van der Waals surface area contributed by atoms with Gasteiger partial charge in [0, 0.05) is 11.8 Å². The third kappa shape index (κ3) is 3.84. The van der Waals surface area contributed by atoms with E-state index in [4.69, 9.17) is 11.6 Å². The van der Waals surface area contributed by atoms with Gasteiger partial charge in [0.2, 0.25) is 5.24 Å². The maximum atomic E-state index is 11.9. The maximum absolute atomic E-state index is 11.9. The van der Waals surface area contributed by atoms with Gasteiger partial charge in [-0.15, -0.1) is 0 Å². The highest BCUT2D eigenvalue weighted by molar-refractivity contribution is 6.64. The second kappa shape index (κ2) is 6.60. The molecule has 4 unspecified atom stereocenters. The van der Waals surface area contributed by atoms with E-state index in [1.165, 1.54) is 0 Å². The zero-order valence-electron chi connectivity index (χ0n) is 13.6. The molecule has 116 valence electrons. The van der Waals surface area contributed by atoms with E-state index in [-0.39, 0.29) is 33.7 Å². The van der Waals surface area contributed by atoms with Crippen LogP contribution in [-0.4, -0.2) is 11.0 Å². The third-order valence-corrected chi connectivity index (χ3v) is 5.99. The normalized spacial score (nSPS) is 38.9. The van der Waals surface area contributed by atoms with Gasteiger partial charge < -0.3 is 0 Å². The third-order valence-electron chi connectivity index (χ3n) is 5.72. The van der Waals surface area contributed by atoms with Crippen LogP contribution in [0.1, 0.15) is 73.1 Å². The molecule has 0 aromatic heterocycles. The van der Waals surface area contributed by atoms with Crippen LogP contribution in [0.4, 0.5) is 0 Å².